The molecule has 1 saturated heterocycles. The van der Waals surface area contributed by atoms with E-state index in [4.69, 9.17) is 5.73 Å². The van der Waals surface area contributed by atoms with Gasteiger partial charge in [0, 0.05) is 18.5 Å². The number of nitrogens with zero attached hydrogens (tertiary/aromatic N) is 1. The average Bonchev–Trinajstić information content (AvgIpc) is 3.10. The van der Waals surface area contributed by atoms with Crippen LogP contribution < -0.4 is 11.1 Å². The van der Waals surface area contributed by atoms with Crippen LogP contribution in [-0.2, 0) is 21.4 Å². The number of hydrogen-bond donors (Lipinski definition) is 3. The lowest BCUT2D eigenvalue weighted by Gasteiger charge is -2.41. The van der Waals surface area contributed by atoms with Crippen molar-refractivity contribution in [3.05, 3.63) is 71.3 Å². The molecule has 2 aromatic carbocycles. The van der Waals surface area contributed by atoms with Gasteiger partial charge in [0.25, 0.3) is 0 Å². The van der Waals surface area contributed by atoms with Crippen LogP contribution in [0.4, 0.5) is 0 Å². The predicted octanol–water partition coefficient (Wildman–Crippen LogP) is 3.23. The molecule has 0 bridgehead atoms. The maximum atomic E-state index is 13.5. The summed E-state index contributed by atoms with van der Waals surface area (Å²) in [6.07, 6.45) is 4.13. The van der Waals surface area contributed by atoms with Gasteiger partial charge in [-0.05, 0) is 69.1 Å². The summed E-state index contributed by atoms with van der Waals surface area (Å²) in [5, 5.41) is 13.5. The van der Waals surface area contributed by atoms with E-state index in [2.05, 4.69) is 23.5 Å². The van der Waals surface area contributed by atoms with Crippen LogP contribution in [0.2, 0.25) is 0 Å². The number of piperidine rings is 1. The molecular weight excluding hydrogens is 426 g/mol. The lowest BCUT2D eigenvalue weighted by atomic mass is 9.73. The summed E-state index contributed by atoms with van der Waals surface area (Å²) in [4.78, 5) is 28.1. The number of aryl methyl sites for hydroxylation is 1. The Labute approximate surface area is 202 Å². The van der Waals surface area contributed by atoms with Crippen molar-refractivity contribution in [1.82, 2.24) is 10.2 Å². The normalized spacial score (nSPS) is 20.1. The highest BCUT2D eigenvalue weighted by molar-refractivity contribution is 5.91. The number of aliphatic hydroxyl groups is 1. The van der Waals surface area contributed by atoms with Crippen molar-refractivity contribution in [3.8, 4) is 0 Å². The molecule has 0 radical (unpaired) electrons. The number of hydrogen-bond acceptors (Lipinski definition) is 4. The van der Waals surface area contributed by atoms with Gasteiger partial charge in [0.2, 0.25) is 11.8 Å². The number of carbonyl (C=O) groups is 2. The van der Waals surface area contributed by atoms with Crippen LogP contribution in [0.25, 0.3) is 0 Å². The number of fused-ring (bicyclic) bond motifs is 2. The summed E-state index contributed by atoms with van der Waals surface area (Å²) < 4.78 is 0. The molecule has 1 spiro atoms. The van der Waals surface area contributed by atoms with Crippen LogP contribution in [0, 0.1) is 0 Å². The Morgan fingerprint density at radius 3 is 2.44 bits per heavy atom. The Bertz CT molecular complexity index is 1010. The van der Waals surface area contributed by atoms with Crippen molar-refractivity contribution in [2.45, 2.75) is 75.5 Å². The second kappa shape index (κ2) is 9.88. The fourth-order valence-electron chi connectivity index (χ4n) is 5.47. The van der Waals surface area contributed by atoms with Gasteiger partial charge in [0.05, 0.1) is 11.6 Å². The molecule has 34 heavy (non-hydrogen) atoms. The Balaban J connectivity index is 1.42. The van der Waals surface area contributed by atoms with Gasteiger partial charge in [0.1, 0.15) is 6.04 Å². The molecule has 6 nitrogen and oxygen atoms in total. The molecule has 2 aromatic rings. The summed E-state index contributed by atoms with van der Waals surface area (Å²) in [5.74, 6) is -0.348. The first-order valence-corrected chi connectivity index (χ1v) is 12.4. The third-order valence-electron chi connectivity index (χ3n) is 7.50. The third-order valence-corrected chi connectivity index (χ3v) is 7.50. The smallest absolute Gasteiger partial charge is 0.245 e. The number of amides is 2. The zero-order chi connectivity index (χ0) is 24.3. The van der Waals surface area contributed by atoms with Gasteiger partial charge < -0.3 is 21.1 Å². The van der Waals surface area contributed by atoms with Gasteiger partial charge in [-0.2, -0.15) is 0 Å². The molecular formula is C28H37N3O3. The maximum Gasteiger partial charge on any atom is 0.245 e. The highest BCUT2D eigenvalue weighted by atomic mass is 16.3. The number of likely N-dealkylation sites (tertiary alicyclic amines) is 1. The van der Waals surface area contributed by atoms with Gasteiger partial charge >= 0.3 is 0 Å². The summed E-state index contributed by atoms with van der Waals surface area (Å²) in [6, 6.07) is 17.7. The minimum Gasteiger partial charge on any atom is -0.388 e. The molecule has 6 heteroatoms. The average molecular weight is 464 g/mol. The fourth-order valence-corrected chi connectivity index (χ4v) is 5.47. The van der Waals surface area contributed by atoms with E-state index in [0.717, 1.165) is 31.2 Å². The molecule has 2 amide bonds. The van der Waals surface area contributed by atoms with E-state index < -0.39 is 17.7 Å². The Kier molecular flexibility index (Phi) is 7.10. The lowest BCUT2D eigenvalue weighted by Crippen LogP contribution is -2.57. The van der Waals surface area contributed by atoms with E-state index in [9.17, 15) is 14.7 Å². The van der Waals surface area contributed by atoms with Crippen LogP contribution in [0.15, 0.2) is 54.6 Å². The minimum atomic E-state index is -1.05. The molecule has 0 aromatic heterocycles. The van der Waals surface area contributed by atoms with Gasteiger partial charge in [-0.3, -0.25) is 9.59 Å². The van der Waals surface area contributed by atoms with Crippen LogP contribution in [0.1, 0.15) is 68.7 Å². The van der Waals surface area contributed by atoms with E-state index in [1.54, 1.807) is 13.8 Å². The standard InChI is InChI=1S/C28H37N3O3/c1-27(2,29)26(34)30-23(14-8-11-20-9-4-3-5-10-20)25(33)31-17-15-28(16-18-31)19-24(32)21-12-6-7-13-22(21)28/h3-7,9-10,12-13,23-24,32H,8,11,14-19,29H2,1-2H3,(H,30,34)/t23-,24?/m1/s1. The molecule has 1 heterocycles. The largest absolute Gasteiger partial charge is 0.388 e. The van der Waals surface area contributed by atoms with Gasteiger partial charge in [0.15, 0.2) is 0 Å². The topological polar surface area (TPSA) is 95.7 Å². The van der Waals surface area contributed by atoms with Crippen LogP contribution in [-0.4, -0.2) is 46.5 Å². The SMILES string of the molecule is CC(C)(N)C(=O)N[C@H](CCCc1ccccc1)C(=O)N1CCC2(CC1)CC(O)c1ccccc12. The first-order chi connectivity index (χ1) is 16.2. The molecule has 1 unspecified atom stereocenters. The first kappa shape index (κ1) is 24.4. The zero-order valence-electron chi connectivity index (χ0n) is 20.3. The highest BCUT2D eigenvalue weighted by Crippen LogP contribution is 2.50. The maximum absolute atomic E-state index is 13.5. The van der Waals surface area contributed by atoms with E-state index >= 15 is 0 Å². The van der Waals surface area contributed by atoms with E-state index in [0.29, 0.717) is 25.9 Å². The summed E-state index contributed by atoms with van der Waals surface area (Å²) in [6.45, 7) is 4.55. The second-order valence-electron chi connectivity index (χ2n) is 10.5. The molecule has 2 aliphatic rings. The first-order valence-electron chi connectivity index (χ1n) is 12.4. The Morgan fingerprint density at radius 1 is 1.12 bits per heavy atom. The minimum absolute atomic E-state index is 0.0349. The second-order valence-corrected chi connectivity index (χ2v) is 10.5. The molecule has 4 rings (SSSR count). The molecule has 1 aliphatic carbocycles. The quantitative estimate of drug-likeness (QED) is 0.587. The highest BCUT2D eigenvalue weighted by Gasteiger charge is 2.46. The van der Waals surface area contributed by atoms with Crippen molar-refractivity contribution in [2.24, 2.45) is 5.73 Å². The van der Waals surface area contributed by atoms with Crippen molar-refractivity contribution >= 4 is 11.8 Å². The number of benzene rings is 2. The Morgan fingerprint density at radius 2 is 1.76 bits per heavy atom. The monoisotopic (exact) mass is 463 g/mol. The van der Waals surface area contributed by atoms with Crippen molar-refractivity contribution in [2.75, 3.05) is 13.1 Å². The number of nitrogens with two attached hydrogens (primary N) is 1. The van der Waals surface area contributed by atoms with Crippen molar-refractivity contribution in [3.63, 3.8) is 0 Å². The van der Waals surface area contributed by atoms with Crippen LogP contribution >= 0.6 is 0 Å². The Hall–Kier alpha value is -2.70. The van der Waals surface area contributed by atoms with Crippen molar-refractivity contribution in [1.29, 1.82) is 0 Å². The molecule has 1 fully saturated rings. The summed E-state index contributed by atoms with van der Waals surface area (Å²) >= 11 is 0. The third kappa shape index (κ3) is 5.18. The van der Waals surface area contributed by atoms with Crippen molar-refractivity contribution < 1.29 is 14.7 Å². The molecule has 4 N–H and O–H groups in total. The van der Waals surface area contributed by atoms with Gasteiger partial charge in [-0.1, -0.05) is 54.6 Å². The number of aliphatic hydroxyl groups excluding tert-OH is 1. The van der Waals surface area contributed by atoms with E-state index in [1.807, 2.05) is 41.3 Å². The van der Waals surface area contributed by atoms with Crippen LogP contribution in [0.5, 0.6) is 0 Å². The van der Waals surface area contributed by atoms with E-state index in [1.165, 1.54) is 11.1 Å². The van der Waals surface area contributed by atoms with Gasteiger partial charge in [-0.15, -0.1) is 0 Å². The number of nitrogens with one attached hydrogen (secondary N) is 1. The summed E-state index contributed by atoms with van der Waals surface area (Å²) in [5.41, 5.74) is 8.36. The number of rotatable bonds is 7. The summed E-state index contributed by atoms with van der Waals surface area (Å²) in [7, 11) is 0. The predicted molar refractivity (Wildman–Crippen MR) is 133 cm³/mol. The van der Waals surface area contributed by atoms with Crippen LogP contribution in [0.3, 0.4) is 0 Å². The van der Waals surface area contributed by atoms with E-state index in [-0.39, 0.29) is 17.2 Å². The lowest BCUT2D eigenvalue weighted by molar-refractivity contribution is -0.139. The number of carbonyl (C=O) groups excluding carboxylic acids is 2. The van der Waals surface area contributed by atoms with Gasteiger partial charge in [-0.25, -0.2) is 0 Å². The zero-order valence-corrected chi connectivity index (χ0v) is 20.3. The fraction of sp³-hybridized carbons (Fsp3) is 0.500. The molecule has 1 aliphatic heterocycles. The molecule has 182 valence electrons. The molecule has 2 atom stereocenters. The molecule has 0 saturated carbocycles.